The lowest BCUT2D eigenvalue weighted by atomic mass is 9.93. The summed E-state index contributed by atoms with van der Waals surface area (Å²) >= 11 is 0. The van der Waals surface area contributed by atoms with Crippen molar-refractivity contribution in [1.29, 1.82) is 0 Å². The molecule has 210 valence electrons. The number of hydrogen-bond donors (Lipinski definition) is 2. The highest BCUT2D eigenvalue weighted by molar-refractivity contribution is 5.95. The van der Waals surface area contributed by atoms with E-state index < -0.39 is 23.7 Å². The molecule has 2 atom stereocenters. The topological polar surface area (TPSA) is 108 Å². The number of carboxylic acid groups (broad SMARTS) is 1. The van der Waals surface area contributed by atoms with Crippen LogP contribution in [-0.2, 0) is 22.4 Å². The Morgan fingerprint density at radius 3 is 2.30 bits per heavy atom. The molecule has 1 aromatic heterocycles. The highest BCUT2D eigenvalue weighted by Gasteiger charge is 2.55. The normalized spacial score (nSPS) is 19.2. The Hall–Kier alpha value is -3.98. The van der Waals surface area contributed by atoms with Crippen LogP contribution in [0.25, 0.3) is 5.69 Å². The second-order valence-corrected chi connectivity index (χ2v) is 10.7. The zero-order chi connectivity index (χ0) is 28.3. The first kappa shape index (κ1) is 27.6. The van der Waals surface area contributed by atoms with E-state index in [1.165, 1.54) is 0 Å². The van der Waals surface area contributed by atoms with Crippen molar-refractivity contribution in [1.82, 2.24) is 24.9 Å². The Labute approximate surface area is 234 Å². The molecule has 2 saturated heterocycles. The van der Waals surface area contributed by atoms with Gasteiger partial charge in [0.2, 0.25) is 5.91 Å². The van der Waals surface area contributed by atoms with E-state index in [1.807, 2.05) is 70.2 Å². The van der Waals surface area contributed by atoms with Crippen molar-refractivity contribution in [2.45, 2.75) is 70.1 Å². The van der Waals surface area contributed by atoms with Crippen molar-refractivity contribution in [2.24, 2.45) is 0 Å². The average Bonchev–Trinajstić information content (AvgIpc) is 3.50. The molecular weight excluding hydrogens is 506 g/mol. The Bertz CT molecular complexity index is 1350. The number of nitrogens with one attached hydrogen (secondary N) is 1. The fourth-order valence-electron chi connectivity index (χ4n) is 6.20. The molecule has 2 aliphatic rings. The van der Waals surface area contributed by atoms with E-state index in [1.54, 1.807) is 18.0 Å². The van der Waals surface area contributed by atoms with Crippen molar-refractivity contribution in [3.63, 3.8) is 0 Å². The molecule has 2 amide bonds. The van der Waals surface area contributed by atoms with Crippen LogP contribution in [0.5, 0.6) is 0 Å². The molecule has 9 heteroatoms. The molecule has 40 heavy (non-hydrogen) atoms. The molecule has 3 aromatic rings. The second-order valence-electron chi connectivity index (χ2n) is 10.7. The number of carbonyl (C=O) groups excluding carboxylic acids is 2. The molecular formula is C31H37N5O4. The standard InChI is InChI=1S/C31H37N5O4/c1-3-11-27-24(21-32-36(27)23-14-9-6-10-15-23)28(37)34-18-16-31(17-19-34)33-25(20-22-12-7-5-8-13-22)29(38)35(31)26(4-2)30(39)40/h5-10,12-15,21,25-26,33H,3-4,11,16-20H2,1-2H3,(H,39,40). The Morgan fingerprint density at radius 2 is 1.70 bits per heavy atom. The van der Waals surface area contributed by atoms with Crippen molar-refractivity contribution in [3.05, 3.63) is 83.7 Å². The zero-order valence-electron chi connectivity index (χ0n) is 23.1. The molecule has 1 spiro atoms. The van der Waals surface area contributed by atoms with Gasteiger partial charge in [-0.05, 0) is 37.0 Å². The number of rotatable bonds is 9. The van der Waals surface area contributed by atoms with Gasteiger partial charge in [0.1, 0.15) is 6.04 Å². The first-order valence-electron chi connectivity index (χ1n) is 14.2. The molecule has 2 N–H and O–H groups in total. The van der Waals surface area contributed by atoms with Gasteiger partial charge in [0.05, 0.1) is 34.8 Å². The molecule has 9 nitrogen and oxygen atoms in total. The van der Waals surface area contributed by atoms with Gasteiger partial charge in [-0.3, -0.25) is 14.9 Å². The molecule has 2 unspecified atom stereocenters. The molecule has 2 aliphatic heterocycles. The summed E-state index contributed by atoms with van der Waals surface area (Å²) in [6, 6.07) is 18.1. The van der Waals surface area contributed by atoms with Gasteiger partial charge in [0.15, 0.2) is 0 Å². The van der Waals surface area contributed by atoms with Crippen molar-refractivity contribution < 1.29 is 19.5 Å². The first-order chi connectivity index (χ1) is 19.4. The lowest BCUT2D eigenvalue weighted by Crippen LogP contribution is -2.63. The average molecular weight is 544 g/mol. The minimum absolute atomic E-state index is 0.0810. The summed E-state index contributed by atoms with van der Waals surface area (Å²) in [4.78, 5) is 43.1. The van der Waals surface area contributed by atoms with Gasteiger partial charge < -0.3 is 14.9 Å². The number of carbonyl (C=O) groups is 3. The number of nitrogens with zero attached hydrogens (tertiary/aromatic N) is 4. The van der Waals surface area contributed by atoms with E-state index in [-0.39, 0.29) is 11.8 Å². The van der Waals surface area contributed by atoms with Crippen molar-refractivity contribution >= 4 is 17.8 Å². The van der Waals surface area contributed by atoms with E-state index in [0.717, 1.165) is 29.8 Å². The summed E-state index contributed by atoms with van der Waals surface area (Å²) in [7, 11) is 0. The van der Waals surface area contributed by atoms with Crippen LogP contribution in [0.1, 0.15) is 61.1 Å². The summed E-state index contributed by atoms with van der Waals surface area (Å²) in [5, 5.41) is 18.1. The fourth-order valence-corrected chi connectivity index (χ4v) is 6.20. The largest absolute Gasteiger partial charge is 0.480 e. The minimum atomic E-state index is -1.01. The number of aromatic nitrogens is 2. The maximum absolute atomic E-state index is 13.8. The molecule has 0 radical (unpaired) electrons. The van der Waals surface area contributed by atoms with Crippen LogP contribution < -0.4 is 5.32 Å². The van der Waals surface area contributed by atoms with Gasteiger partial charge in [-0.15, -0.1) is 0 Å². The number of likely N-dealkylation sites (tertiary alicyclic amines) is 1. The predicted molar refractivity (Wildman–Crippen MR) is 151 cm³/mol. The van der Waals surface area contributed by atoms with Crippen LogP contribution in [0.2, 0.25) is 0 Å². The van der Waals surface area contributed by atoms with Gasteiger partial charge >= 0.3 is 5.97 Å². The molecule has 3 heterocycles. The number of aliphatic carboxylic acids is 1. The number of carboxylic acids is 1. The van der Waals surface area contributed by atoms with Crippen molar-refractivity contribution in [2.75, 3.05) is 13.1 Å². The van der Waals surface area contributed by atoms with Crippen LogP contribution >= 0.6 is 0 Å². The third kappa shape index (κ3) is 5.13. The Balaban J connectivity index is 1.38. The molecule has 5 rings (SSSR count). The van der Waals surface area contributed by atoms with Crippen molar-refractivity contribution in [3.8, 4) is 5.69 Å². The maximum atomic E-state index is 13.8. The van der Waals surface area contributed by atoms with Crippen LogP contribution in [0, 0.1) is 0 Å². The zero-order valence-corrected chi connectivity index (χ0v) is 23.1. The summed E-state index contributed by atoms with van der Waals surface area (Å²) in [5.74, 6) is -1.27. The summed E-state index contributed by atoms with van der Waals surface area (Å²) in [6.45, 7) is 4.69. The molecule has 0 saturated carbocycles. The quantitative estimate of drug-likeness (QED) is 0.427. The van der Waals surface area contributed by atoms with Crippen LogP contribution in [0.4, 0.5) is 0 Å². The van der Waals surface area contributed by atoms with E-state index in [0.29, 0.717) is 44.3 Å². The minimum Gasteiger partial charge on any atom is -0.480 e. The van der Waals surface area contributed by atoms with E-state index in [4.69, 9.17) is 0 Å². The third-order valence-electron chi connectivity index (χ3n) is 8.17. The third-order valence-corrected chi connectivity index (χ3v) is 8.17. The number of para-hydroxylation sites is 1. The predicted octanol–water partition coefficient (Wildman–Crippen LogP) is 3.66. The highest BCUT2D eigenvalue weighted by Crippen LogP contribution is 2.36. The number of hydrogen-bond acceptors (Lipinski definition) is 5. The molecule has 0 bridgehead atoms. The molecule has 2 fully saturated rings. The first-order valence-corrected chi connectivity index (χ1v) is 14.2. The van der Waals surface area contributed by atoms with Crippen LogP contribution in [0.15, 0.2) is 66.9 Å². The summed E-state index contributed by atoms with van der Waals surface area (Å²) in [6.07, 6.45) is 4.95. The highest BCUT2D eigenvalue weighted by atomic mass is 16.4. The summed E-state index contributed by atoms with van der Waals surface area (Å²) < 4.78 is 1.84. The Kier molecular flexibility index (Phi) is 8.02. The summed E-state index contributed by atoms with van der Waals surface area (Å²) in [5.41, 5.74) is 2.59. The van der Waals surface area contributed by atoms with Gasteiger partial charge in [0.25, 0.3) is 5.91 Å². The van der Waals surface area contributed by atoms with Gasteiger partial charge in [-0.1, -0.05) is 68.8 Å². The Morgan fingerprint density at radius 1 is 1.05 bits per heavy atom. The van der Waals surface area contributed by atoms with E-state index in [9.17, 15) is 19.5 Å². The lowest BCUT2D eigenvalue weighted by Gasteiger charge is -2.46. The maximum Gasteiger partial charge on any atom is 0.326 e. The van der Waals surface area contributed by atoms with Crippen LogP contribution in [-0.4, -0.2) is 73.3 Å². The molecule has 0 aliphatic carbocycles. The fraction of sp³-hybridized carbons (Fsp3) is 0.419. The van der Waals surface area contributed by atoms with E-state index in [2.05, 4.69) is 17.3 Å². The van der Waals surface area contributed by atoms with Gasteiger partial charge in [-0.25, -0.2) is 9.48 Å². The smallest absolute Gasteiger partial charge is 0.326 e. The van der Waals surface area contributed by atoms with E-state index >= 15 is 0 Å². The van der Waals surface area contributed by atoms with Crippen LogP contribution in [0.3, 0.4) is 0 Å². The number of piperidine rings is 1. The second kappa shape index (κ2) is 11.6. The SMILES string of the molecule is CCCc1c(C(=O)N2CCC3(CC2)NC(Cc2ccccc2)C(=O)N3C(CC)C(=O)O)cnn1-c1ccccc1. The van der Waals surface area contributed by atoms with Gasteiger partial charge in [-0.2, -0.15) is 5.10 Å². The lowest BCUT2D eigenvalue weighted by molar-refractivity contribution is -0.154. The monoisotopic (exact) mass is 543 g/mol. The van der Waals surface area contributed by atoms with Gasteiger partial charge in [0, 0.05) is 25.9 Å². The molecule has 2 aromatic carbocycles. The number of benzene rings is 2. The number of amides is 2.